The van der Waals surface area contributed by atoms with Gasteiger partial charge in [0.05, 0.1) is 12.3 Å². The van der Waals surface area contributed by atoms with Gasteiger partial charge in [-0.25, -0.2) is 4.79 Å². The number of aliphatic hydroxyl groups excluding tert-OH is 1. The number of nitrogens with two attached hydrogens (primary N) is 1. The highest BCUT2D eigenvalue weighted by Gasteiger charge is 2.19. The number of carbonyl (C=O) groups excluding carboxylic acids is 1. The zero-order chi connectivity index (χ0) is 23.4. The molecule has 2 aromatic rings. The molecule has 4 N–H and O–H groups in total. The Balaban J connectivity index is 0.000000703. The minimum absolute atomic E-state index is 0.0395. The summed E-state index contributed by atoms with van der Waals surface area (Å²) in [4.78, 5) is 22.0. The fourth-order valence-corrected chi connectivity index (χ4v) is 3.06. The molecule has 1 heterocycles. The minimum Gasteiger partial charge on any atom is -0.478 e. The first-order valence-electron chi connectivity index (χ1n) is 10.6. The first kappa shape index (κ1) is 26.3. The number of Topliss-reactive ketones (excluding diaryl/α,β-unsaturated/α-hetero) is 1. The van der Waals surface area contributed by atoms with Gasteiger partial charge in [-0.2, -0.15) is 0 Å². The Bertz CT molecular complexity index is 864. The lowest BCUT2D eigenvalue weighted by Gasteiger charge is -2.21. The summed E-state index contributed by atoms with van der Waals surface area (Å²) in [5.74, 6) is -0.712. The van der Waals surface area contributed by atoms with Gasteiger partial charge in [0, 0.05) is 30.8 Å². The number of aryl methyl sites for hydroxylation is 3. The van der Waals surface area contributed by atoms with Crippen molar-refractivity contribution in [3.63, 3.8) is 0 Å². The zero-order valence-corrected chi connectivity index (χ0v) is 19.1. The van der Waals surface area contributed by atoms with E-state index in [0.717, 1.165) is 36.7 Å². The second-order valence-corrected chi connectivity index (χ2v) is 8.18. The van der Waals surface area contributed by atoms with Crippen LogP contribution >= 0.6 is 0 Å². The fraction of sp³-hybridized carbons (Fsp3) is 0.440. The smallest absolute Gasteiger partial charge is 0.327 e. The number of aromatic nitrogens is 1. The Morgan fingerprint density at radius 2 is 1.77 bits per heavy atom. The number of benzene rings is 1. The Hall–Kier alpha value is -2.70. The molecule has 0 saturated carbocycles. The van der Waals surface area contributed by atoms with E-state index in [2.05, 4.69) is 31.2 Å². The first-order chi connectivity index (χ1) is 14.6. The maximum absolute atomic E-state index is 12.5. The number of aliphatic carboxylic acids is 1. The van der Waals surface area contributed by atoms with E-state index in [9.17, 15) is 14.7 Å². The highest BCUT2D eigenvalue weighted by Crippen LogP contribution is 2.16. The van der Waals surface area contributed by atoms with Crippen LogP contribution in [-0.2, 0) is 24.7 Å². The number of carboxylic acids is 1. The molecule has 0 radical (unpaired) electrons. The van der Waals surface area contributed by atoms with Gasteiger partial charge in [0.1, 0.15) is 0 Å². The van der Waals surface area contributed by atoms with Crippen molar-refractivity contribution in [2.75, 3.05) is 6.61 Å². The molecule has 0 aliphatic carbocycles. The number of nitrogens with zero attached hydrogens (tertiary/aromatic N) is 1. The number of hydrogen-bond donors (Lipinski definition) is 3. The van der Waals surface area contributed by atoms with Crippen molar-refractivity contribution in [2.24, 2.45) is 12.8 Å². The molecule has 1 aromatic heterocycles. The van der Waals surface area contributed by atoms with Gasteiger partial charge in [0.25, 0.3) is 0 Å². The molecule has 0 amide bonds. The first-order valence-corrected chi connectivity index (χ1v) is 10.6. The lowest BCUT2D eigenvalue weighted by atomic mass is 9.97. The Morgan fingerprint density at radius 1 is 1.13 bits per heavy atom. The van der Waals surface area contributed by atoms with Crippen LogP contribution in [0.3, 0.4) is 0 Å². The average Bonchev–Trinajstić information content (AvgIpc) is 3.09. The van der Waals surface area contributed by atoms with Crippen molar-refractivity contribution in [1.29, 1.82) is 0 Å². The summed E-state index contributed by atoms with van der Waals surface area (Å²) in [7, 11) is 1.93. The van der Waals surface area contributed by atoms with Crippen LogP contribution in [0, 0.1) is 6.92 Å². The van der Waals surface area contributed by atoms with Gasteiger partial charge in [-0.1, -0.05) is 35.9 Å². The topological polar surface area (TPSA) is 106 Å². The van der Waals surface area contributed by atoms with E-state index < -0.39 is 11.5 Å². The fourth-order valence-electron chi connectivity index (χ4n) is 3.06. The molecule has 0 bridgehead atoms. The lowest BCUT2D eigenvalue weighted by Crippen LogP contribution is -2.40. The molecule has 6 heteroatoms. The second-order valence-electron chi connectivity index (χ2n) is 8.18. The minimum atomic E-state index is -0.891. The van der Waals surface area contributed by atoms with Crippen molar-refractivity contribution in [2.45, 2.75) is 58.4 Å². The van der Waals surface area contributed by atoms with E-state index in [4.69, 9.17) is 10.8 Å². The number of carbonyl (C=O) groups is 2. The summed E-state index contributed by atoms with van der Waals surface area (Å²) in [6.07, 6.45) is 6.32. The van der Waals surface area contributed by atoms with Crippen LogP contribution in [0.5, 0.6) is 0 Å². The molecule has 0 spiro atoms. The molecular weight excluding hydrogens is 392 g/mol. The highest BCUT2D eigenvalue weighted by atomic mass is 16.4. The third kappa shape index (κ3) is 9.77. The molecule has 0 aliphatic heterocycles. The van der Waals surface area contributed by atoms with Gasteiger partial charge in [-0.15, -0.1) is 0 Å². The quantitative estimate of drug-likeness (QED) is 0.394. The van der Waals surface area contributed by atoms with Crippen LogP contribution < -0.4 is 5.73 Å². The summed E-state index contributed by atoms with van der Waals surface area (Å²) in [6.45, 7) is 5.54. The van der Waals surface area contributed by atoms with Crippen molar-refractivity contribution in [3.8, 4) is 0 Å². The number of ketones is 1. The van der Waals surface area contributed by atoms with Crippen LogP contribution in [0.15, 0.2) is 48.6 Å². The van der Waals surface area contributed by atoms with E-state index in [0.29, 0.717) is 12.8 Å². The number of rotatable bonds is 10. The Labute approximate surface area is 185 Å². The van der Waals surface area contributed by atoms with Crippen LogP contribution in [0.2, 0.25) is 0 Å². The van der Waals surface area contributed by atoms with Gasteiger partial charge in [-0.3, -0.25) is 4.79 Å². The summed E-state index contributed by atoms with van der Waals surface area (Å²) >= 11 is 0. The van der Waals surface area contributed by atoms with E-state index in [1.54, 1.807) is 6.92 Å². The third-order valence-corrected chi connectivity index (χ3v) is 5.12. The normalized spacial score (nSPS) is 12.8. The molecule has 0 aliphatic rings. The Kier molecular flexibility index (Phi) is 10.9. The average molecular weight is 429 g/mol. The third-order valence-electron chi connectivity index (χ3n) is 5.12. The van der Waals surface area contributed by atoms with E-state index >= 15 is 0 Å². The lowest BCUT2D eigenvalue weighted by molar-refractivity contribution is -0.131. The predicted octanol–water partition coefficient (Wildman–Crippen LogP) is 3.83. The van der Waals surface area contributed by atoms with Crippen molar-refractivity contribution >= 4 is 11.8 Å². The van der Waals surface area contributed by atoms with Gasteiger partial charge in [-0.05, 0) is 64.2 Å². The van der Waals surface area contributed by atoms with E-state index in [1.165, 1.54) is 17.2 Å². The van der Waals surface area contributed by atoms with Crippen molar-refractivity contribution < 1.29 is 19.8 Å². The van der Waals surface area contributed by atoms with Gasteiger partial charge < -0.3 is 20.5 Å². The molecule has 0 saturated heterocycles. The Morgan fingerprint density at radius 3 is 2.29 bits per heavy atom. The molecule has 170 valence electrons. The molecule has 0 unspecified atom stereocenters. The highest BCUT2D eigenvalue weighted by molar-refractivity contribution is 5.94. The number of hydrogen-bond acceptors (Lipinski definition) is 4. The molecule has 31 heavy (non-hydrogen) atoms. The number of allylic oxidation sites excluding steroid dienone is 1. The zero-order valence-electron chi connectivity index (χ0n) is 19.1. The molecule has 1 atom stereocenters. The second kappa shape index (κ2) is 12.9. The number of carboxylic acid groups (broad SMARTS) is 1. The SMILES string of the molecule is C/C=C/C(=O)O.Cc1ccc(CCCC(=O)c2ccc(CC[C@@](C)(N)CO)n2C)cc1. The van der Waals surface area contributed by atoms with Crippen LogP contribution in [0.4, 0.5) is 0 Å². The van der Waals surface area contributed by atoms with Gasteiger partial charge >= 0.3 is 5.97 Å². The summed E-state index contributed by atoms with van der Waals surface area (Å²) in [6, 6.07) is 12.4. The van der Waals surface area contributed by atoms with Gasteiger partial charge in [0.2, 0.25) is 0 Å². The maximum atomic E-state index is 12.5. The predicted molar refractivity (Wildman–Crippen MR) is 124 cm³/mol. The van der Waals surface area contributed by atoms with Gasteiger partial charge in [0.15, 0.2) is 5.78 Å². The monoisotopic (exact) mass is 428 g/mol. The van der Waals surface area contributed by atoms with E-state index in [1.807, 2.05) is 30.7 Å². The van der Waals surface area contributed by atoms with Crippen LogP contribution in [0.25, 0.3) is 0 Å². The summed E-state index contributed by atoms with van der Waals surface area (Å²) in [5, 5.41) is 17.1. The molecule has 1 aromatic carbocycles. The standard InChI is InChI=1S/C21H30N2O2.C4H6O2/c1-16-7-9-17(10-8-16)5-4-6-20(25)19-12-11-18(23(19)3)13-14-21(2,22)15-24;1-2-3-4(5)6/h7-12,24H,4-6,13-15,22H2,1-3H3;2-3H,1H3,(H,5,6)/b;3-2+/t21-;/m1./s1. The largest absolute Gasteiger partial charge is 0.478 e. The number of aliphatic hydroxyl groups is 1. The molecule has 2 rings (SSSR count). The summed E-state index contributed by atoms with van der Waals surface area (Å²) in [5.41, 5.74) is 9.76. The van der Waals surface area contributed by atoms with Crippen LogP contribution in [0.1, 0.15) is 60.4 Å². The maximum Gasteiger partial charge on any atom is 0.327 e. The van der Waals surface area contributed by atoms with Crippen molar-refractivity contribution in [1.82, 2.24) is 4.57 Å². The molecular formula is C25H36N2O4. The van der Waals surface area contributed by atoms with Crippen LogP contribution in [-0.4, -0.2) is 38.7 Å². The molecule has 0 fully saturated rings. The van der Waals surface area contributed by atoms with E-state index in [-0.39, 0.29) is 12.4 Å². The molecule has 6 nitrogen and oxygen atoms in total. The summed E-state index contributed by atoms with van der Waals surface area (Å²) < 4.78 is 1.96. The van der Waals surface area contributed by atoms with Crippen molar-refractivity contribution in [3.05, 3.63) is 71.1 Å².